The number of rotatable bonds is 5. The molecule has 0 saturated carbocycles. The van der Waals surface area contributed by atoms with Gasteiger partial charge in [-0.25, -0.2) is 14.8 Å². The molecule has 0 radical (unpaired) electrons. The molecule has 1 amide bonds. The minimum Gasteiger partial charge on any atom is -0.497 e. The highest BCUT2D eigenvalue weighted by Gasteiger charge is 2.26. The van der Waals surface area contributed by atoms with E-state index in [1.54, 1.807) is 55.0 Å². The Morgan fingerprint density at radius 3 is 2.59 bits per heavy atom. The molecule has 2 aromatic carbocycles. The van der Waals surface area contributed by atoms with E-state index in [0.29, 0.717) is 37.9 Å². The van der Waals surface area contributed by atoms with E-state index in [2.05, 4.69) is 9.98 Å². The van der Waals surface area contributed by atoms with Crippen LogP contribution in [0, 0.1) is 0 Å². The lowest BCUT2D eigenvalue weighted by Crippen LogP contribution is -2.22. The summed E-state index contributed by atoms with van der Waals surface area (Å²) < 4.78 is 10.4. The quantitative estimate of drug-likeness (QED) is 0.351. The molecule has 2 heterocycles. The monoisotopic (exact) mass is 487 g/mol. The molecule has 7 nitrogen and oxygen atoms in total. The fourth-order valence-electron chi connectivity index (χ4n) is 2.93. The second-order valence-corrected chi connectivity index (χ2v) is 8.25. The van der Waals surface area contributed by atoms with Crippen LogP contribution in [0.3, 0.4) is 0 Å². The number of benzene rings is 2. The van der Waals surface area contributed by atoms with Gasteiger partial charge >= 0.3 is 5.97 Å². The van der Waals surface area contributed by atoms with Crippen molar-refractivity contribution in [3.63, 3.8) is 0 Å². The van der Waals surface area contributed by atoms with Crippen molar-refractivity contribution in [3.8, 4) is 5.75 Å². The van der Waals surface area contributed by atoms with Crippen LogP contribution >= 0.6 is 34.5 Å². The van der Waals surface area contributed by atoms with Crippen LogP contribution in [0.4, 0.5) is 10.8 Å². The van der Waals surface area contributed by atoms with Gasteiger partial charge < -0.3 is 9.47 Å². The smallest absolute Gasteiger partial charge is 0.363 e. The van der Waals surface area contributed by atoms with Gasteiger partial charge in [-0.15, -0.1) is 11.3 Å². The Morgan fingerprint density at radius 1 is 1.19 bits per heavy atom. The summed E-state index contributed by atoms with van der Waals surface area (Å²) in [5.74, 6) is -0.0705. The summed E-state index contributed by atoms with van der Waals surface area (Å²) >= 11 is 13.3. The molecule has 0 unspecified atom stereocenters. The summed E-state index contributed by atoms with van der Waals surface area (Å²) in [6.07, 6.45) is 1.49. The first-order chi connectivity index (χ1) is 15.4. The predicted octanol–water partition coefficient (Wildman–Crippen LogP) is 5.49. The highest BCUT2D eigenvalue weighted by Crippen LogP contribution is 2.31. The molecule has 1 aliphatic heterocycles. The maximum atomic E-state index is 12.3. The molecule has 1 aliphatic rings. The molecule has 162 valence electrons. The highest BCUT2D eigenvalue weighted by molar-refractivity contribution is 7.14. The summed E-state index contributed by atoms with van der Waals surface area (Å²) in [6.45, 7) is 1.45. The van der Waals surface area contributed by atoms with E-state index in [4.69, 9.17) is 32.7 Å². The Balaban J connectivity index is 1.62. The molecule has 32 heavy (non-hydrogen) atoms. The van der Waals surface area contributed by atoms with E-state index in [9.17, 15) is 9.59 Å². The molecule has 4 rings (SSSR count). The van der Waals surface area contributed by atoms with Crippen molar-refractivity contribution >= 4 is 69.2 Å². The first-order valence-electron chi connectivity index (χ1n) is 9.24. The third kappa shape index (κ3) is 4.52. The van der Waals surface area contributed by atoms with Crippen LogP contribution in [-0.2, 0) is 14.3 Å². The number of anilines is 2. The highest BCUT2D eigenvalue weighted by atomic mass is 35.5. The number of ether oxygens (including phenoxy) is 2. The second-order valence-electron chi connectivity index (χ2n) is 6.57. The van der Waals surface area contributed by atoms with Crippen LogP contribution in [0.1, 0.15) is 18.2 Å². The van der Waals surface area contributed by atoms with Gasteiger partial charge in [-0.05, 0) is 48.5 Å². The zero-order valence-electron chi connectivity index (χ0n) is 16.8. The van der Waals surface area contributed by atoms with E-state index in [0.717, 1.165) is 0 Å². The number of esters is 1. The number of hydrogen-bond donors (Lipinski definition) is 0. The van der Waals surface area contributed by atoms with E-state index >= 15 is 0 Å². The summed E-state index contributed by atoms with van der Waals surface area (Å²) in [5.41, 5.74) is 1.63. The lowest BCUT2D eigenvalue weighted by Gasteiger charge is -2.18. The van der Waals surface area contributed by atoms with Crippen molar-refractivity contribution in [2.24, 2.45) is 4.99 Å². The number of aliphatic imine (C=N–C) groups is 1. The molecular formula is C22H15Cl2N3O4S. The van der Waals surface area contributed by atoms with Gasteiger partial charge in [-0.2, -0.15) is 0 Å². The first kappa shape index (κ1) is 22.0. The first-order valence-corrected chi connectivity index (χ1v) is 10.9. The Bertz CT molecular complexity index is 1270. The van der Waals surface area contributed by atoms with E-state index in [1.165, 1.54) is 29.2 Å². The van der Waals surface area contributed by atoms with E-state index in [-0.39, 0.29) is 17.5 Å². The minimum absolute atomic E-state index is 0.0710. The lowest BCUT2D eigenvalue weighted by molar-refractivity contribution is -0.130. The largest absolute Gasteiger partial charge is 0.497 e. The molecule has 1 aromatic heterocycles. The van der Waals surface area contributed by atoms with Crippen molar-refractivity contribution in [1.82, 2.24) is 4.98 Å². The maximum Gasteiger partial charge on any atom is 0.363 e. The average Bonchev–Trinajstić information content (AvgIpc) is 3.35. The minimum atomic E-state index is -0.626. The maximum absolute atomic E-state index is 12.3. The number of methoxy groups -OCH3 is 1. The molecular weight excluding hydrogens is 473 g/mol. The van der Waals surface area contributed by atoms with Crippen LogP contribution in [0.2, 0.25) is 10.0 Å². The zero-order valence-corrected chi connectivity index (χ0v) is 19.2. The molecule has 3 aromatic rings. The molecule has 0 spiro atoms. The lowest BCUT2D eigenvalue weighted by atomic mass is 10.2. The van der Waals surface area contributed by atoms with Gasteiger partial charge in [0.2, 0.25) is 11.8 Å². The van der Waals surface area contributed by atoms with Crippen LogP contribution < -0.4 is 9.64 Å². The van der Waals surface area contributed by atoms with E-state index in [1.807, 2.05) is 0 Å². The van der Waals surface area contributed by atoms with E-state index < -0.39 is 5.97 Å². The number of amides is 1. The molecule has 0 fully saturated rings. The van der Waals surface area contributed by atoms with Crippen molar-refractivity contribution < 1.29 is 19.1 Å². The summed E-state index contributed by atoms with van der Waals surface area (Å²) in [6, 6.07) is 11.8. The number of cyclic esters (lactones) is 1. The Morgan fingerprint density at radius 2 is 1.94 bits per heavy atom. The fraction of sp³-hybridized carbons (Fsp3) is 0.0909. The van der Waals surface area contributed by atoms with Gasteiger partial charge in [0.05, 0.1) is 29.1 Å². The van der Waals surface area contributed by atoms with Gasteiger partial charge in [0.25, 0.3) is 0 Å². The Hall–Kier alpha value is -3.20. The molecule has 0 aliphatic carbocycles. The predicted molar refractivity (Wildman–Crippen MR) is 125 cm³/mol. The standard InChI is InChI=1S/C22H15Cl2N3O4S/c1-12(28)27(15-4-6-16(30-2)7-5-15)22-25-14(11-32-22)10-19-21(29)31-20(26-19)17-8-3-13(23)9-18(17)24/h3-11H,1-2H3/b19-10-. The molecule has 0 N–H and O–H groups in total. The van der Waals surface area contributed by atoms with Gasteiger partial charge in [0.15, 0.2) is 10.8 Å². The van der Waals surface area contributed by atoms with Gasteiger partial charge in [0, 0.05) is 17.3 Å². The van der Waals surface area contributed by atoms with Crippen LogP contribution in [-0.4, -0.2) is 29.9 Å². The number of carbonyl (C=O) groups excluding carboxylic acids is 2. The van der Waals surface area contributed by atoms with Crippen molar-refractivity contribution in [2.75, 3.05) is 12.0 Å². The molecule has 10 heteroatoms. The summed E-state index contributed by atoms with van der Waals surface area (Å²) in [4.78, 5) is 34.8. The van der Waals surface area contributed by atoms with Crippen molar-refractivity contribution in [3.05, 3.63) is 74.8 Å². The second kappa shape index (κ2) is 9.12. The number of thiazole rings is 1. The number of aromatic nitrogens is 1. The third-order valence-corrected chi connectivity index (χ3v) is 5.81. The molecule has 0 atom stereocenters. The zero-order chi connectivity index (χ0) is 22.8. The number of halogens is 2. The molecule has 0 saturated heterocycles. The summed E-state index contributed by atoms with van der Waals surface area (Å²) in [7, 11) is 1.57. The third-order valence-electron chi connectivity index (χ3n) is 4.41. The number of carbonyl (C=O) groups is 2. The van der Waals surface area contributed by atoms with Crippen molar-refractivity contribution in [1.29, 1.82) is 0 Å². The normalized spacial score (nSPS) is 14.3. The molecule has 0 bridgehead atoms. The van der Waals surface area contributed by atoms with Gasteiger partial charge in [-0.3, -0.25) is 9.69 Å². The number of nitrogens with zero attached hydrogens (tertiary/aromatic N) is 3. The summed E-state index contributed by atoms with van der Waals surface area (Å²) in [5, 5.41) is 2.95. The fourth-order valence-corrected chi connectivity index (χ4v) is 4.26. The number of hydrogen-bond acceptors (Lipinski definition) is 7. The Kier molecular flexibility index (Phi) is 6.27. The van der Waals surface area contributed by atoms with Gasteiger partial charge in [0.1, 0.15) is 5.75 Å². The topological polar surface area (TPSA) is 81.1 Å². The van der Waals surface area contributed by atoms with Crippen LogP contribution in [0.5, 0.6) is 5.75 Å². The Labute approximate surface area is 197 Å². The van der Waals surface area contributed by atoms with Crippen molar-refractivity contribution in [2.45, 2.75) is 6.92 Å². The average molecular weight is 488 g/mol. The van der Waals surface area contributed by atoms with Gasteiger partial charge in [-0.1, -0.05) is 23.2 Å². The van der Waals surface area contributed by atoms with Crippen LogP contribution in [0.15, 0.2) is 58.5 Å². The van der Waals surface area contributed by atoms with Crippen LogP contribution in [0.25, 0.3) is 6.08 Å². The SMILES string of the molecule is COc1ccc(N(C(C)=O)c2nc(/C=C3\N=C(c4ccc(Cl)cc4Cl)OC3=O)cs2)cc1.